The maximum atomic E-state index is 11.8. The van der Waals surface area contributed by atoms with Gasteiger partial charge in [0, 0.05) is 18.8 Å². The third-order valence-electron chi connectivity index (χ3n) is 4.30. The highest BCUT2D eigenvalue weighted by Crippen LogP contribution is 2.25. The zero-order valence-electron chi connectivity index (χ0n) is 12.9. The molecule has 0 radical (unpaired) electrons. The molecule has 1 aromatic carbocycles. The van der Waals surface area contributed by atoms with Crippen molar-refractivity contribution in [3.05, 3.63) is 28.8 Å². The summed E-state index contributed by atoms with van der Waals surface area (Å²) < 4.78 is 0. The predicted molar refractivity (Wildman–Crippen MR) is 88.1 cm³/mol. The second kappa shape index (κ2) is 7.14. The van der Waals surface area contributed by atoms with Crippen LogP contribution in [0.4, 0.5) is 5.69 Å². The largest absolute Gasteiger partial charge is 0.382 e. The molecular weight excluding hydrogens is 286 g/mol. The van der Waals surface area contributed by atoms with E-state index in [0.717, 1.165) is 18.8 Å². The fraction of sp³-hybridized carbons (Fsp3) is 0.562. The number of hydrogen-bond acceptors (Lipinski definition) is 3. The molecule has 0 bridgehead atoms. The molecule has 1 aliphatic heterocycles. The molecule has 1 aromatic rings. The summed E-state index contributed by atoms with van der Waals surface area (Å²) in [7, 11) is 3.78. The predicted octanol–water partition coefficient (Wildman–Crippen LogP) is 2.84. The van der Waals surface area contributed by atoms with E-state index in [4.69, 9.17) is 11.6 Å². The molecule has 4 nitrogen and oxygen atoms in total. The Kier molecular flexibility index (Phi) is 5.48. The number of carbonyl (C=O) groups excluding carboxylic acids is 1. The van der Waals surface area contributed by atoms with E-state index in [1.165, 1.54) is 12.8 Å². The van der Waals surface area contributed by atoms with Gasteiger partial charge in [0.2, 0.25) is 0 Å². The summed E-state index contributed by atoms with van der Waals surface area (Å²) in [5.41, 5.74) is 1.46. The maximum absolute atomic E-state index is 11.8. The van der Waals surface area contributed by atoms with E-state index >= 15 is 0 Å². The Labute approximate surface area is 131 Å². The molecule has 1 fully saturated rings. The molecule has 0 saturated carbocycles. The van der Waals surface area contributed by atoms with Crippen LogP contribution >= 0.6 is 11.6 Å². The Morgan fingerprint density at radius 3 is 2.67 bits per heavy atom. The molecule has 1 saturated heterocycles. The number of hydrogen-bond donors (Lipinski definition) is 2. The van der Waals surface area contributed by atoms with Crippen LogP contribution in [-0.2, 0) is 0 Å². The van der Waals surface area contributed by atoms with Crippen molar-refractivity contribution in [1.29, 1.82) is 0 Å². The number of piperidine rings is 1. The number of anilines is 1. The highest BCUT2D eigenvalue weighted by Gasteiger charge is 2.22. The standard InChI is InChI=1S/C16H24ClN3O/c1-11(12-6-8-20(3)9-7-12)19-13-4-5-15(17)14(10-13)16(21)18-2/h4-5,10-12,19H,6-9H2,1-3H3,(H,18,21). The van der Waals surface area contributed by atoms with Crippen molar-refractivity contribution in [3.8, 4) is 0 Å². The first-order valence-corrected chi connectivity index (χ1v) is 7.85. The van der Waals surface area contributed by atoms with Crippen LogP contribution in [0.3, 0.4) is 0 Å². The Morgan fingerprint density at radius 2 is 2.05 bits per heavy atom. The number of carbonyl (C=O) groups is 1. The molecular formula is C16H24ClN3O. The van der Waals surface area contributed by atoms with Gasteiger partial charge in [-0.15, -0.1) is 0 Å². The second-order valence-corrected chi connectivity index (χ2v) is 6.25. The molecule has 2 rings (SSSR count). The molecule has 1 amide bonds. The number of rotatable bonds is 4. The lowest BCUT2D eigenvalue weighted by Crippen LogP contribution is -2.37. The van der Waals surface area contributed by atoms with Gasteiger partial charge in [-0.25, -0.2) is 0 Å². The van der Waals surface area contributed by atoms with Crippen LogP contribution in [0, 0.1) is 5.92 Å². The summed E-state index contributed by atoms with van der Waals surface area (Å²) in [6, 6.07) is 5.92. The van der Waals surface area contributed by atoms with Gasteiger partial charge in [-0.2, -0.15) is 0 Å². The van der Waals surface area contributed by atoms with Crippen molar-refractivity contribution in [3.63, 3.8) is 0 Å². The minimum absolute atomic E-state index is 0.157. The average Bonchev–Trinajstić information content (AvgIpc) is 2.49. The fourth-order valence-corrected chi connectivity index (χ4v) is 3.04. The summed E-state index contributed by atoms with van der Waals surface area (Å²) in [6.07, 6.45) is 2.42. The van der Waals surface area contributed by atoms with Gasteiger partial charge in [0.15, 0.2) is 0 Å². The van der Waals surface area contributed by atoms with Crippen molar-refractivity contribution in [2.45, 2.75) is 25.8 Å². The lowest BCUT2D eigenvalue weighted by atomic mass is 9.90. The number of amides is 1. The van der Waals surface area contributed by atoms with Gasteiger partial charge < -0.3 is 15.5 Å². The number of nitrogens with one attached hydrogen (secondary N) is 2. The van der Waals surface area contributed by atoms with Gasteiger partial charge in [-0.3, -0.25) is 4.79 Å². The topological polar surface area (TPSA) is 44.4 Å². The van der Waals surface area contributed by atoms with Gasteiger partial charge in [0.25, 0.3) is 5.91 Å². The van der Waals surface area contributed by atoms with Gasteiger partial charge in [0.05, 0.1) is 10.6 Å². The number of halogens is 1. The summed E-state index contributed by atoms with van der Waals surface area (Å²) in [5.74, 6) is 0.510. The molecule has 1 heterocycles. The van der Waals surface area contributed by atoms with Crippen molar-refractivity contribution in [1.82, 2.24) is 10.2 Å². The van der Waals surface area contributed by atoms with Crippen LogP contribution in [-0.4, -0.2) is 44.0 Å². The van der Waals surface area contributed by atoms with Crippen LogP contribution in [0.25, 0.3) is 0 Å². The third kappa shape index (κ3) is 4.11. The van der Waals surface area contributed by atoms with Crippen LogP contribution in [0.15, 0.2) is 18.2 Å². The molecule has 0 spiro atoms. The van der Waals surface area contributed by atoms with E-state index < -0.39 is 0 Å². The second-order valence-electron chi connectivity index (χ2n) is 5.85. The molecule has 21 heavy (non-hydrogen) atoms. The first kappa shape index (κ1) is 16.1. The zero-order chi connectivity index (χ0) is 15.4. The van der Waals surface area contributed by atoms with Crippen LogP contribution < -0.4 is 10.6 Å². The third-order valence-corrected chi connectivity index (χ3v) is 4.63. The van der Waals surface area contributed by atoms with E-state index in [1.54, 1.807) is 13.1 Å². The van der Waals surface area contributed by atoms with E-state index in [1.807, 2.05) is 12.1 Å². The molecule has 1 unspecified atom stereocenters. The Balaban J connectivity index is 2.04. The Hall–Kier alpha value is -1.26. The van der Waals surface area contributed by atoms with Crippen molar-refractivity contribution >= 4 is 23.2 Å². The molecule has 2 N–H and O–H groups in total. The molecule has 116 valence electrons. The smallest absolute Gasteiger partial charge is 0.252 e. The Morgan fingerprint density at radius 1 is 1.38 bits per heavy atom. The van der Waals surface area contributed by atoms with E-state index in [0.29, 0.717) is 22.5 Å². The lowest BCUT2D eigenvalue weighted by molar-refractivity contribution is 0.0963. The normalized spacial score (nSPS) is 18.3. The summed E-state index contributed by atoms with van der Waals surface area (Å²) in [4.78, 5) is 14.2. The van der Waals surface area contributed by atoms with Crippen molar-refractivity contribution in [2.75, 3.05) is 32.5 Å². The minimum atomic E-state index is -0.157. The fourth-order valence-electron chi connectivity index (χ4n) is 2.83. The Bertz CT molecular complexity index is 498. The SMILES string of the molecule is CNC(=O)c1cc(NC(C)C2CCN(C)CC2)ccc1Cl. The number of benzene rings is 1. The monoisotopic (exact) mass is 309 g/mol. The number of nitrogens with zero attached hydrogens (tertiary/aromatic N) is 1. The van der Waals surface area contributed by atoms with E-state index in [-0.39, 0.29) is 5.91 Å². The van der Waals surface area contributed by atoms with E-state index in [2.05, 4.69) is 29.5 Å². The molecule has 1 aliphatic rings. The summed E-state index contributed by atoms with van der Waals surface area (Å²) >= 11 is 6.08. The lowest BCUT2D eigenvalue weighted by Gasteiger charge is -2.33. The summed E-state index contributed by atoms with van der Waals surface area (Å²) in [6.45, 7) is 4.52. The zero-order valence-corrected chi connectivity index (χ0v) is 13.7. The van der Waals surface area contributed by atoms with Crippen LogP contribution in [0.2, 0.25) is 5.02 Å². The van der Waals surface area contributed by atoms with Crippen molar-refractivity contribution < 1.29 is 4.79 Å². The van der Waals surface area contributed by atoms with E-state index in [9.17, 15) is 4.79 Å². The molecule has 0 aromatic heterocycles. The molecule has 5 heteroatoms. The highest BCUT2D eigenvalue weighted by molar-refractivity contribution is 6.34. The number of likely N-dealkylation sites (tertiary alicyclic amines) is 1. The quantitative estimate of drug-likeness (QED) is 0.899. The minimum Gasteiger partial charge on any atom is -0.382 e. The van der Waals surface area contributed by atoms with Gasteiger partial charge >= 0.3 is 0 Å². The van der Waals surface area contributed by atoms with Crippen molar-refractivity contribution in [2.24, 2.45) is 5.92 Å². The van der Waals surface area contributed by atoms with Crippen LogP contribution in [0.5, 0.6) is 0 Å². The van der Waals surface area contributed by atoms with Crippen LogP contribution in [0.1, 0.15) is 30.1 Å². The highest BCUT2D eigenvalue weighted by atomic mass is 35.5. The molecule has 0 aliphatic carbocycles. The maximum Gasteiger partial charge on any atom is 0.252 e. The van der Waals surface area contributed by atoms with Gasteiger partial charge in [0.1, 0.15) is 0 Å². The van der Waals surface area contributed by atoms with Gasteiger partial charge in [-0.05, 0) is 64.0 Å². The van der Waals surface area contributed by atoms with Gasteiger partial charge in [-0.1, -0.05) is 11.6 Å². The summed E-state index contributed by atoms with van der Waals surface area (Å²) in [5, 5.41) is 6.61. The molecule has 1 atom stereocenters. The average molecular weight is 310 g/mol. The first-order valence-electron chi connectivity index (χ1n) is 7.48. The first-order chi connectivity index (χ1) is 10.0.